The number of nitrogens with zero attached hydrogens (tertiary/aromatic N) is 4. The molecule has 0 fully saturated rings. The molecule has 118 valence electrons. The van der Waals surface area contributed by atoms with Gasteiger partial charge in [0.05, 0.1) is 12.3 Å². The van der Waals surface area contributed by atoms with Crippen LogP contribution in [0.2, 0.25) is 0 Å². The van der Waals surface area contributed by atoms with Gasteiger partial charge in [0.25, 0.3) is 0 Å². The van der Waals surface area contributed by atoms with Crippen LogP contribution < -0.4 is 0 Å². The zero-order valence-electron chi connectivity index (χ0n) is 13.1. The number of rotatable bonds is 5. The number of aryl methyl sites for hydroxylation is 1. The Morgan fingerprint density at radius 1 is 1.22 bits per heavy atom. The van der Waals surface area contributed by atoms with E-state index in [1.54, 1.807) is 24.3 Å². The Morgan fingerprint density at radius 2 is 2.04 bits per heavy atom. The highest BCUT2D eigenvalue weighted by Gasteiger charge is 2.13. The number of thioether (sulfide) groups is 1. The summed E-state index contributed by atoms with van der Waals surface area (Å²) in [7, 11) is 3.73. The summed E-state index contributed by atoms with van der Waals surface area (Å²) >= 11 is 1.47. The van der Waals surface area contributed by atoms with Gasteiger partial charge < -0.3 is 9.47 Å². The molecule has 0 bridgehead atoms. The Morgan fingerprint density at radius 3 is 2.83 bits per heavy atom. The van der Waals surface area contributed by atoms with Gasteiger partial charge in [-0.25, -0.2) is 9.97 Å². The summed E-state index contributed by atoms with van der Waals surface area (Å²) in [6, 6.07) is 10.1. The maximum absolute atomic E-state index is 12.3. The van der Waals surface area contributed by atoms with E-state index in [-0.39, 0.29) is 5.91 Å². The van der Waals surface area contributed by atoms with E-state index in [0.29, 0.717) is 12.3 Å². The van der Waals surface area contributed by atoms with Gasteiger partial charge >= 0.3 is 0 Å². The molecule has 3 aromatic rings. The fourth-order valence-electron chi connectivity index (χ4n) is 2.30. The van der Waals surface area contributed by atoms with E-state index < -0.39 is 0 Å². The van der Waals surface area contributed by atoms with Crippen molar-refractivity contribution in [2.75, 3.05) is 12.8 Å². The van der Waals surface area contributed by atoms with Crippen molar-refractivity contribution in [1.82, 2.24) is 19.4 Å². The summed E-state index contributed by atoms with van der Waals surface area (Å²) in [6.07, 6.45) is 5.40. The van der Waals surface area contributed by atoms with Crippen molar-refractivity contribution in [2.24, 2.45) is 7.05 Å². The summed E-state index contributed by atoms with van der Waals surface area (Å²) in [6.45, 7) is 0.506. The van der Waals surface area contributed by atoms with Crippen LogP contribution in [-0.2, 0) is 18.4 Å². The van der Waals surface area contributed by atoms with E-state index in [2.05, 4.69) is 16.0 Å². The third-order valence-corrected chi connectivity index (χ3v) is 4.68. The molecule has 0 aliphatic carbocycles. The van der Waals surface area contributed by atoms with Gasteiger partial charge in [-0.15, -0.1) is 0 Å². The molecular weight excluding hydrogens is 308 g/mol. The number of amides is 1. The van der Waals surface area contributed by atoms with Crippen molar-refractivity contribution >= 4 is 28.4 Å². The van der Waals surface area contributed by atoms with E-state index in [4.69, 9.17) is 0 Å². The predicted octanol–water partition coefficient (Wildman–Crippen LogP) is 2.72. The summed E-state index contributed by atoms with van der Waals surface area (Å²) in [5.41, 5.74) is 0. The van der Waals surface area contributed by atoms with Gasteiger partial charge in [0.1, 0.15) is 10.9 Å². The lowest BCUT2D eigenvalue weighted by molar-refractivity contribution is -0.127. The minimum atomic E-state index is 0.0627. The summed E-state index contributed by atoms with van der Waals surface area (Å²) in [5.74, 6) is 1.30. The Hall–Kier alpha value is -2.34. The minimum absolute atomic E-state index is 0.0627. The molecule has 1 amide bonds. The second kappa shape index (κ2) is 6.83. The van der Waals surface area contributed by atoms with Gasteiger partial charge in [0.2, 0.25) is 5.91 Å². The van der Waals surface area contributed by atoms with Crippen molar-refractivity contribution in [2.45, 2.75) is 11.6 Å². The van der Waals surface area contributed by atoms with Crippen LogP contribution in [0.25, 0.3) is 10.8 Å². The van der Waals surface area contributed by atoms with Crippen LogP contribution in [0.5, 0.6) is 0 Å². The first-order chi connectivity index (χ1) is 11.1. The number of carbonyl (C=O) groups excluding carboxylic acids is 1. The van der Waals surface area contributed by atoms with E-state index in [1.807, 2.05) is 42.1 Å². The highest BCUT2D eigenvalue weighted by atomic mass is 32.2. The topological polar surface area (TPSA) is 51.0 Å². The van der Waals surface area contributed by atoms with E-state index >= 15 is 0 Å². The number of aromatic nitrogens is 3. The molecule has 5 nitrogen and oxygen atoms in total. The molecule has 3 rings (SSSR count). The van der Waals surface area contributed by atoms with Gasteiger partial charge in [0, 0.05) is 38.1 Å². The monoisotopic (exact) mass is 326 g/mol. The van der Waals surface area contributed by atoms with Gasteiger partial charge in [0.15, 0.2) is 0 Å². The van der Waals surface area contributed by atoms with Crippen LogP contribution in [0, 0.1) is 0 Å². The largest absolute Gasteiger partial charge is 0.338 e. The van der Waals surface area contributed by atoms with Crippen molar-refractivity contribution in [1.29, 1.82) is 0 Å². The molecule has 0 spiro atoms. The molecule has 2 aromatic heterocycles. The Labute approximate surface area is 139 Å². The van der Waals surface area contributed by atoms with Crippen LogP contribution in [0.4, 0.5) is 0 Å². The minimum Gasteiger partial charge on any atom is -0.338 e. The highest BCUT2D eigenvalue weighted by Crippen LogP contribution is 2.25. The first kappa shape index (κ1) is 15.6. The van der Waals surface area contributed by atoms with Crippen molar-refractivity contribution in [3.05, 3.63) is 54.7 Å². The fraction of sp³-hybridized carbons (Fsp3) is 0.235. The number of pyridine rings is 1. The maximum Gasteiger partial charge on any atom is 0.233 e. The Kier molecular flexibility index (Phi) is 4.62. The molecule has 0 aliphatic rings. The molecular formula is C17H18N4OS. The van der Waals surface area contributed by atoms with E-state index in [9.17, 15) is 4.79 Å². The number of hydrogen-bond acceptors (Lipinski definition) is 4. The standard InChI is InChI=1S/C17H18N4OS/c1-20-10-9-18-15(20)11-21(2)16(22)12-23-17-14-6-4-3-5-13(14)7-8-19-17/h3-10H,11-12H2,1-2H3. The molecule has 0 radical (unpaired) electrons. The number of fused-ring (bicyclic) bond motifs is 1. The predicted molar refractivity (Wildman–Crippen MR) is 92.1 cm³/mol. The zero-order valence-corrected chi connectivity index (χ0v) is 14.0. The van der Waals surface area contributed by atoms with Crippen LogP contribution in [0.15, 0.2) is 53.9 Å². The third-order valence-electron chi connectivity index (χ3n) is 3.69. The van der Waals surface area contributed by atoms with Gasteiger partial charge in [-0.1, -0.05) is 36.0 Å². The lowest BCUT2D eigenvalue weighted by Crippen LogP contribution is -2.29. The first-order valence-corrected chi connectivity index (χ1v) is 8.30. The van der Waals surface area contributed by atoms with Crippen LogP contribution in [0.1, 0.15) is 5.82 Å². The molecule has 6 heteroatoms. The summed E-state index contributed by atoms with van der Waals surface area (Å²) in [5, 5.41) is 3.11. The van der Waals surface area contributed by atoms with E-state index in [1.165, 1.54) is 11.8 Å². The Balaban J connectivity index is 1.65. The fourth-order valence-corrected chi connectivity index (χ4v) is 3.25. The molecule has 0 aliphatic heterocycles. The van der Waals surface area contributed by atoms with E-state index in [0.717, 1.165) is 21.6 Å². The van der Waals surface area contributed by atoms with Crippen molar-refractivity contribution < 1.29 is 4.79 Å². The lowest BCUT2D eigenvalue weighted by Gasteiger charge is -2.16. The SMILES string of the molecule is CN(Cc1nccn1C)C(=O)CSc1nccc2ccccc12. The normalized spacial score (nSPS) is 10.9. The average Bonchev–Trinajstić information content (AvgIpc) is 2.97. The molecule has 1 aromatic carbocycles. The smallest absolute Gasteiger partial charge is 0.233 e. The van der Waals surface area contributed by atoms with Crippen LogP contribution in [-0.4, -0.2) is 38.1 Å². The van der Waals surface area contributed by atoms with Crippen LogP contribution >= 0.6 is 11.8 Å². The van der Waals surface area contributed by atoms with Crippen LogP contribution in [0.3, 0.4) is 0 Å². The van der Waals surface area contributed by atoms with Gasteiger partial charge in [-0.3, -0.25) is 4.79 Å². The van der Waals surface area contributed by atoms with Gasteiger partial charge in [-0.2, -0.15) is 0 Å². The quantitative estimate of drug-likeness (QED) is 0.677. The second-order valence-electron chi connectivity index (χ2n) is 5.33. The number of carbonyl (C=O) groups is 1. The average molecular weight is 326 g/mol. The third kappa shape index (κ3) is 3.53. The number of benzene rings is 1. The molecule has 0 N–H and O–H groups in total. The summed E-state index contributed by atoms with van der Waals surface area (Å²) < 4.78 is 1.92. The highest BCUT2D eigenvalue weighted by molar-refractivity contribution is 8.00. The maximum atomic E-state index is 12.3. The number of hydrogen-bond donors (Lipinski definition) is 0. The number of imidazole rings is 1. The molecule has 0 unspecified atom stereocenters. The van der Waals surface area contributed by atoms with Crippen molar-refractivity contribution in [3.63, 3.8) is 0 Å². The summed E-state index contributed by atoms with van der Waals surface area (Å²) in [4.78, 5) is 22.7. The second-order valence-corrected chi connectivity index (χ2v) is 6.29. The molecule has 2 heterocycles. The Bertz CT molecular complexity index is 825. The zero-order chi connectivity index (χ0) is 16.2. The molecule has 0 atom stereocenters. The van der Waals surface area contributed by atoms with Gasteiger partial charge in [-0.05, 0) is 11.5 Å². The molecule has 0 saturated carbocycles. The molecule has 0 saturated heterocycles. The van der Waals surface area contributed by atoms with Crippen molar-refractivity contribution in [3.8, 4) is 0 Å². The lowest BCUT2D eigenvalue weighted by atomic mass is 10.2. The first-order valence-electron chi connectivity index (χ1n) is 7.32. The molecule has 23 heavy (non-hydrogen) atoms.